The highest BCUT2D eigenvalue weighted by atomic mass is 127. The number of hydrogen-bond acceptors (Lipinski definition) is 6. The number of ether oxygens (including phenoxy) is 1. The Morgan fingerprint density at radius 1 is 1.32 bits per heavy atom. The van der Waals surface area contributed by atoms with Crippen LogP contribution in [-0.4, -0.2) is 104 Å². The number of aliphatic hydroxyl groups is 1. The molecule has 0 bridgehead atoms. The van der Waals surface area contributed by atoms with Crippen molar-refractivity contribution in [1.29, 1.82) is 0 Å². The molecule has 2 heterocycles. The van der Waals surface area contributed by atoms with Crippen molar-refractivity contribution in [2.75, 3.05) is 63.1 Å². The molecule has 0 aromatic carbocycles. The summed E-state index contributed by atoms with van der Waals surface area (Å²) < 4.78 is 31.8. The van der Waals surface area contributed by atoms with Crippen LogP contribution in [-0.2, 0) is 14.8 Å². The van der Waals surface area contributed by atoms with Crippen molar-refractivity contribution in [3.63, 3.8) is 0 Å². The van der Waals surface area contributed by atoms with E-state index < -0.39 is 15.6 Å². The predicted molar refractivity (Wildman–Crippen MR) is 126 cm³/mol. The van der Waals surface area contributed by atoms with Crippen LogP contribution in [0.1, 0.15) is 27.2 Å². The first-order valence-electron chi connectivity index (χ1n) is 9.68. The number of aliphatic imine (C=N–C) groups is 1. The molecule has 0 aromatic rings. The van der Waals surface area contributed by atoms with Crippen LogP contribution < -0.4 is 5.32 Å². The molecule has 11 heteroatoms. The monoisotopic (exact) mass is 550 g/mol. The Kier molecular flexibility index (Phi) is 11.4. The molecule has 0 saturated carbocycles. The Hall–Kier alpha value is 0.180. The van der Waals surface area contributed by atoms with Gasteiger partial charge >= 0.3 is 0 Å². The topological polar surface area (TPSA) is 94.5 Å². The van der Waals surface area contributed by atoms with Crippen molar-refractivity contribution in [1.82, 2.24) is 14.5 Å². The average molecular weight is 551 g/mol. The van der Waals surface area contributed by atoms with Gasteiger partial charge in [-0.15, -0.1) is 24.0 Å². The molecule has 0 radical (unpaired) electrons. The number of piperazine rings is 1. The molecule has 0 aliphatic carbocycles. The van der Waals surface area contributed by atoms with Gasteiger partial charge in [-0.1, -0.05) is 0 Å². The third-order valence-corrected chi connectivity index (χ3v) is 7.73. The molecule has 2 fully saturated rings. The SMILES string of the molecule is CCNC(=NCC1(O)CCSC1)N1CCN(S(=O)(=O)CCOC(C)C)CC1.I. The van der Waals surface area contributed by atoms with Crippen molar-refractivity contribution in [3.8, 4) is 0 Å². The Labute approximate surface area is 190 Å². The smallest absolute Gasteiger partial charge is 0.216 e. The van der Waals surface area contributed by atoms with Crippen LogP contribution in [0.25, 0.3) is 0 Å². The van der Waals surface area contributed by atoms with Crippen LogP contribution in [0.3, 0.4) is 0 Å². The van der Waals surface area contributed by atoms with Crippen LogP contribution in [0.5, 0.6) is 0 Å². The highest BCUT2D eigenvalue weighted by Crippen LogP contribution is 2.28. The minimum absolute atomic E-state index is 0. The standard InChI is InChI=1S/C17H34N4O4S2.HI/c1-4-18-16(19-13-17(22)5-11-26-14-17)20-6-8-21(9-7-20)27(23,24)12-10-25-15(2)3;/h15,22H,4-14H2,1-3H3,(H,18,19);1H. The van der Waals surface area contributed by atoms with E-state index in [4.69, 9.17) is 4.74 Å². The van der Waals surface area contributed by atoms with Gasteiger partial charge in [-0.25, -0.2) is 8.42 Å². The summed E-state index contributed by atoms with van der Waals surface area (Å²) in [5, 5.41) is 13.8. The Morgan fingerprint density at radius 3 is 2.54 bits per heavy atom. The van der Waals surface area contributed by atoms with Crippen molar-refractivity contribution in [2.24, 2.45) is 4.99 Å². The fraction of sp³-hybridized carbons (Fsp3) is 0.941. The van der Waals surface area contributed by atoms with Crippen LogP contribution in [0.2, 0.25) is 0 Å². The number of halogens is 1. The van der Waals surface area contributed by atoms with Gasteiger partial charge in [0.15, 0.2) is 5.96 Å². The maximum Gasteiger partial charge on any atom is 0.216 e. The largest absolute Gasteiger partial charge is 0.387 e. The first-order chi connectivity index (χ1) is 12.8. The van der Waals surface area contributed by atoms with Crippen LogP contribution in [0.15, 0.2) is 4.99 Å². The maximum absolute atomic E-state index is 12.5. The normalized spacial score (nSPS) is 24.5. The average Bonchev–Trinajstić information content (AvgIpc) is 3.05. The van der Waals surface area contributed by atoms with Gasteiger partial charge in [-0.2, -0.15) is 16.1 Å². The zero-order valence-corrected chi connectivity index (χ0v) is 21.1. The van der Waals surface area contributed by atoms with Gasteiger partial charge in [0.05, 0.1) is 30.6 Å². The van der Waals surface area contributed by atoms with E-state index in [1.807, 2.05) is 20.8 Å². The molecule has 0 aromatic heterocycles. The molecular formula is C17H35IN4O4S2. The molecule has 2 N–H and O–H groups in total. The summed E-state index contributed by atoms with van der Waals surface area (Å²) in [6.07, 6.45) is 0.800. The molecule has 0 amide bonds. The molecule has 166 valence electrons. The van der Waals surface area contributed by atoms with Crippen molar-refractivity contribution < 1.29 is 18.3 Å². The Morgan fingerprint density at radius 2 is 2.00 bits per heavy atom. The van der Waals surface area contributed by atoms with E-state index in [0.717, 1.165) is 30.4 Å². The fourth-order valence-electron chi connectivity index (χ4n) is 3.07. The number of nitrogens with zero attached hydrogens (tertiary/aromatic N) is 3. The summed E-state index contributed by atoms with van der Waals surface area (Å²) in [4.78, 5) is 6.70. The minimum atomic E-state index is -3.30. The molecule has 2 aliphatic heterocycles. The summed E-state index contributed by atoms with van der Waals surface area (Å²) in [6.45, 7) is 9.19. The second-order valence-electron chi connectivity index (χ2n) is 7.32. The maximum atomic E-state index is 12.5. The first-order valence-corrected chi connectivity index (χ1v) is 12.4. The predicted octanol–water partition coefficient (Wildman–Crippen LogP) is 0.810. The fourth-order valence-corrected chi connectivity index (χ4v) is 5.63. The minimum Gasteiger partial charge on any atom is -0.387 e. The summed E-state index contributed by atoms with van der Waals surface area (Å²) in [5.74, 6) is 2.47. The lowest BCUT2D eigenvalue weighted by Gasteiger charge is -2.36. The molecule has 0 spiro atoms. The highest BCUT2D eigenvalue weighted by molar-refractivity contribution is 14.0. The lowest BCUT2D eigenvalue weighted by molar-refractivity contribution is 0.0774. The van der Waals surface area contributed by atoms with Gasteiger partial charge in [0.1, 0.15) is 0 Å². The van der Waals surface area contributed by atoms with Crippen LogP contribution in [0.4, 0.5) is 0 Å². The zero-order valence-electron chi connectivity index (χ0n) is 17.1. The molecule has 1 unspecified atom stereocenters. The molecule has 8 nitrogen and oxygen atoms in total. The Bertz CT molecular complexity index is 590. The Balaban J connectivity index is 0.00000392. The lowest BCUT2D eigenvalue weighted by Crippen LogP contribution is -2.54. The third-order valence-electron chi connectivity index (χ3n) is 4.66. The van der Waals surface area contributed by atoms with Gasteiger partial charge in [0.2, 0.25) is 10.0 Å². The number of rotatable bonds is 8. The first kappa shape index (κ1) is 26.2. The van der Waals surface area contributed by atoms with Gasteiger partial charge in [-0.05, 0) is 32.9 Å². The van der Waals surface area contributed by atoms with Gasteiger partial charge in [0.25, 0.3) is 0 Å². The summed E-state index contributed by atoms with van der Waals surface area (Å²) in [5.41, 5.74) is -0.715. The number of nitrogens with one attached hydrogen (secondary N) is 1. The van der Waals surface area contributed by atoms with Crippen LogP contribution in [0, 0.1) is 0 Å². The van der Waals surface area contributed by atoms with E-state index in [1.54, 1.807) is 11.8 Å². The number of guanidine groups is 1. The molecule has 28 heavy (non-hydrogen) atoms. The van der Waals surface area contributed by atoms with Crippen molar-refractivity contribution >= 4 is 51.7 Å². The van der Waals surface area contributed by atoms with E-state index in [9.17, 15) is 13.5 Å². The summed E-state index contributed by atoms with van der Waals surface area (Å²) in [6, 6.07) is 0. The van der Waals surface area contributed by atoms with E-state index in [-0.39, 0.29) is 42.4 Å². The van der Waals surface area contributed by atoms with Gasteiger partial charge < -0.3 is 20.1 Å². The summed E-state index contributed by atoms with van der Waals surface area (Å²) in [7, 11) is -3.30. The van der Waals surface area contributed by atoms with E-state index in [1.165, 1.54) is 4.31 Å². The van der Waals surface area contributed by atoms with Crippen LogP contribution >= 0.6 is 35.7 Å². The molecule has 2 aliphatic rings. The zero-order chi connectivity index (χ0) is 19.9. The quantitative estimate of drug-likeness (QED) is 0.263. The van der Waals surface area contributed by atoms with Gasteiger partial charge in [-0.3, -0.25) is 4.99 Å². The second kappa shape index (κ2) is 12.1. The third kappa shape index (κ3) is 8.13. The lowest BCUT2D eigenvalue weighted by atomic mass is 10.0. The second-order valence-corrected chi connectivity index (χ2v) is 10.5. The van der Waals surface area contributed by atoms with Gasteiger partial charge in [0, 0.05) is 38.5 Å². The number of thioether (sulfide) groups is 1. The van der Waals surface area contributed by atoms with E-state index >= 15 is 0 Å². The highest BCUT2D eigenvalue weighted by Gasteiger charge is 2.32. The van der Waals surface area contributed by atoms with Crippen molar-refractivity contribution in [2.45, 2.75) is 38.9 Å². The molecular weight excluding hydrogens is 515 g/mol. The number of hydrogen-bond donors (Lipinski definition) is 2. The molecule has 2 saturated heterocycles. The van der Waals surface area contributed by atoms with Crippen molar-refractivity contribution in [3.05, 3.63) is 0 Å². The number of sulfonamides is 1. The summed E-state index contributed by atoms with van der Waals surface area (Å²) >= 11 is 1.76. The van der Waals surface area contributed by atoms with E-state index in [2.05, 4.69) is 15.2 Å². The molecule has 1 atom stereocenters. The van der Waals surface area contributed by atoms with E-state index in [0.29, 0.717) is 32.7 Å². The molecule has 2 rings (SSSR count).